The van der Waals surface area contributed by atoms with Gasteiger partial charge < -0.3 is 29.3 Å². The van der Waals surface area contributed by atoms with Crippen LogP contribution in [0.3, 0.4) is 0 Å². The van der Waals surface area contributed by atoms with Crippen LogP contribution in [0.4, 0.5) is 5.69 Å². The number of carbonyl (C=O) groups is 2. The smallest absolute Gasteiger partial charge is 0.291 e. The van der Waals surface area contributed by atoms with Gasteiger partial charge in [-0.25, -0.2) is 0 Å². The number of nitrogens with zero attached hydrogens (tertiary/aromatic N) is 1. The maximum atomic E-state index is 12.7. The Morgan fingerprint density at radius 3 is 2.12 bits per heavy atom. The summed E-state index contributed by atoms with van der Waals surface area (Å²) >= 11 is 0. The number of rotatable bonds is 8. The molecule has 0 aliphatic rings. The van der Waals surface area contributed by atoms with Crippen LogP contribution in [0, 0.1) is 11.3 Å². The number of carbonyl (C=O) groups excluding carboxylic acids is 2. The molecule has 3 rings (SSSR count). The van der Waals surface area contributed by atoms with Crippen molar-refractivity contribution < 1.29 is 28.2 Å². The minimum Gasteiger partial charge on any atom is -0.493 e. The Morgan fingerprint density at radius 1 is 0.969 bits per heavy atom. The average molecular weight is 435 g/mol. The van der Waals surface area contributed by atoms with Gasteiger partial charge in [-0.05, 0) is 54.1 Å². The fourth-order valence-corrected chi connectivity index (χ4v) is 2.98. The number of ether oxygens (including phenoxy) is 3. The van der Waals surface area contributed by atoms with Crippen LogP contribution in [0.1, 0.15) is 32.5 Å². The van der Waals surface area contributed by atoms with Crippen molar-refractivity contribution in [3.05, 3.63) is 71.7 Å². The topological polar surface area (TPSA) is 123 Å². The third-order valence-corrected chi connectivity index (χ3v) is 4.57. The lowest BCUT2D eigenvalue weighted by Crippen LogP contribution is -2.27. The molecule has 2 aromatic carbocycles. The summed E-state index contributed by atoms with van der Waals surface area (Å²) in [7, 11) is 4.41. The van der Waals surface area contributed by atoms with E-state index in [0.29, 0.717) is 34.1 Å². The number of hydrogen-bond donors (Lipinski definition) is 2. The lowest BCUT2D eigenvalue weighted by molar-refractivity contribution is 0.0944. The maximum absolute atomic E-state index is 12.7. The molecule has 0 saturated heterocycles. The van der Waals surface area contributed by atoms with E-state index in [9.17, 15) is 14.9 Å². The highest BCUT2D eigenvalue weighted by Gasteiger charge is 2.21. The van der Waals surface area contributed by atoms with E-state index in [2.05, 4.69) is 16.7 Å². The number of nitrogens with one attached hydrogen (secondary N) is 2. The van der Waals surface area contributed by atoms with E-state index >= 15 is 0 Å². The fraction of sp³-hybridized carbons (Fsp3) is 0.174. The van der Waals surface area contributed by atoms with Crippen LogP contribution >= 0.6 is 0 Å². The molecule has 0 aliphatic heterocycles. The summed E-state index contributed by atoms with van der Waals surface area (Å²) < 4.78 is 20.9. The summed E-state index contributed by atoms with van der Waals surface area (Å²) in [6.07, 6.45) is 1.40. The highest BCUT2D eigenvalue weighted by Crippen LogP contribution is 2.39. The van der Waals surface area contributed by atoms with Gasteiger partial charge in [0, 0.05) is 11.3 Å². The molecule has 2 N–H and O–H groups in total. The van der Waals surface area contributed by atoms with E-state index in [-0.39, 0.29) is 5.76 Å². The van der Waals surface area contributed by atoms with E-state index in [1.54, 1.807) is 36.4 Å². The van der Waals surface area contributed by atoms with Gasteiger partial charge in [-0.15, -0.1) is 0 Å². The van der Waals surface area contributed by atoms with E-state index in [0.717, 1.165) is 0 Å². The summed E-state index contributed by atoms with van der Waals surface area (Å²) in [5.74, 6) is 0.428. The van der Waals surface area contributed by atoms with Crippen LogP contribution in [0.5, 0.6) is 17.2 Å². The van der Waals surface area contributed by atoms with Gasteiger partial charge in [0.05, 0.1) is 33.7 Å². The Labute approximate surface area is 184 Å². The molecule has 2 amide bonds. The first-order valence-corrected chi connectivity index (χ1v) is 9.46. The van der Waals surface area contributed by atoms with Gasteiger partial charge in [-0.3, -0.25) is 9.59 Å². The second-order valence-corrected chi connectivity index (χ2v) is 6.50. The second kappa shape index (κ2) is 10.0. The molecule has 0 fully saturated rings. The lowest BCUT2D eigenvalue weighted by Gasteiger charge is -2.17. The van der Waals surface area contributed by atoms with Crippen molar-refractivity contribution in [1.82, 2.24) is 5.32 Å². The molecule has 1 unspecified atom stereocenters. The standard InChI is InChI=1S/C23H21N3O6/c1-29-19-11-15(12-20(30-2)21(19)31-3)17(13-24)26-22(27)14-6-8-16(9-7-14)25-23(28)18-5-4-10-32-18/h4-12,17H,1-3H3,(H,25,28)(H,26,27). The molecule has 1 atom stereocenters. The Hall–Kier alpha value is -4.45. The van der Waals surface area contributed by atoms with Crippen molar-refractivity contribution in [1.29, 1.82) is 5.26 Å². The van der Waals surface area contributed by atoms with Crippen LogP contribution in [0.2, 0.25) is 0 Å². The zero-order chi connectivity index (χ0) is 23.1. The summed E-state index contributed by atoms with van der Waals surface area (Å²) in [5.41, 5.74) is 1.27. The van der Waals surface area contributed by atoms with E-state index in [4.69, 9.17) is 18.6 Å². The molecule has 32 heavy (non-hydrogen) atoms. The maximum Gasteiger partial charge on any atom is 0.291 e. The molecule has 9 nitrogen and oxygen atoms in total. The second-order valence-electron chi connectivity index (χ2n) is 6.50. The fourth-order valence-electron chi connectivity index (χ4n) is 2.98. The number of nitriles is 1. The predicted octanol–water partition coefficient (Wildman–Crippen LogP) is 3.55. The Morgan fingerprint density at radius 2 is 1.62 bits per heavy atom. The molecule has 0 radical (unpaired) electrons. The average Bonchev–Trinajstić information content (AvgIpc) is 3.37. The Balaban J connectivity index is 1.74. The Kier molecular flexibility index (Phi) is 6.98. The van der Waals surface area contributed by atoms with Gasteiger partial charge in [0.2, 0.25) is 5.75 Å². The summed E-state index contributed by atoms with van der Waals surface area (Å²) in [5, 5.41) is 15.0. The van der Waals surface area contributed by atoms with Crippen molar-refractivity contribution in [2.75, 3.05) is 26.6 Å². The quantitative estimate of drug-likeness (QED) is 0.555. The van der Waals surface area contributed by atoms with Gasteiger partial charge >= 0.3 is 0 Å². The minimum atomic E-state index is -0.963. The van der Waals surface area contributed by atoms with Crippen LogP contribution in [-0.2, 0) is 0 Å². The van der Waals surface area contributed by atoms with Crippen molar-refractivity contribution in [2.45, 2.75) is 6.04 Å². The molecule has 0 spiro atoms. The molecule has 1 aromatic heterocycles. The number of amides is 2. The van der Waals surface area contributed by atoms with Crippen LogP contribution < -0.4 is 24.8 Å². The van der Waals surface area contributed by atoms with Crippen molar-refractivity contribution in [2.24, 2.45) is 0 Å². The van der Waals surface area contributed by atoms with Crippen LogP contribution in [-0.4, -0.2) is 33.1 Å². The largest absolute Gasteiger partial charge is 0.493 e. The van der Waals surface area contributed by atoms with Crippen molar-refractivity contribution in [3.8, 4) is 23.3 Å². The van der Waals surface area contributed by atoms with E-state index in [1.165, 1.54) is 39.7 Å². The summed E-state index contributed by atoms with van der Waals surface area (Å²) in [6, 6.07) is 13.7. The summed E-state index contributed by atoms with van der Waals surface area (Å²) in [4.78, 5) is 24.7. The highest BCUT2D eigenvalue weighted by molar-refractivity contribution is 6.02. The first-order valence-electron chi connectivity index (χ1n) is 9.46. The third kappa shape index (κ3) is 4.82. The number of hydrogen-bond acceptors (Lipinski definition) is 7. The van der Waals surface area contributed by atoms with Crippen molar-refractivity contribution in [3.63, 3.8) is 0 Å². The lowest BCUT2D eigenvalue weighted by atomic mass is 10.1. The predicted molar refractivity (Wildman–Crippen MR) is 115 cm³/mol. The van der Waals surface area contributed by atoms with Crippen molar-refractivity contribution >= 4 is 17.5 Å². The molecule has 0 aliphatic carbocycles. The zero-order valence-corrected chi connectivity index (χ0v) is 17.7. The molecule has 3 aromatic rings. The zero-order valence-electron chi connectivity index (χ0n) is 17.7. The first kappa shape index (κ1) is 22.2. The molecule has 9 heteroatoms. The minimum absolute atomic E-state index is 0.175. The molecule has 0 bridgehead atoms. The van der Waals surface area contributed by atoms with Gasteiger partial charge in [0.1, 0.15) is 6.04 Å². The molecule has 1 heterocycles. The van der Waals surface area contributed by atoms with Gasteiger partial charge in [0.25, 0.3) is 11.8 Å². The van der Waals surface area contributed by atoms with Gasteiger partial charge in [0.15, 0.2) is 17.3 Å². The third-order valence-electron chi connectivity index (χ3n) is 4.57. The SMILES string of the molecule is COc1cc(C(C#N)NC(=O)c2ccc(NC(=O)c3ccco3)cc2)cc(OC)c1OC. The summed E-state index contributed by atoms with van der Waals surface area (Å²) in [6.45, 7) is 0. The Bertz CT molecular complexity index is 1110. The van der Waals surface area contributed by atoms with Crippen LogP contribution in [0.25, 0.3) is 0 Å². The molecule has 164 valence electrons. The molecular formula is C23H21N3O6. The highest BCUT2D eigenvalue weighted by atomic mass is 16.5. The molecule has 0 saturated carbocycles. The number of benzene rings is 2. The first-order chi connectivity index (χ1) is 15.5. The number of furan rings is 1. The molecular weight excluding hydrogens is 414 g/mol. The van der Waals surface area contributed by atoms with Crippen LogP contribution in [0.15, 0.2) is 59.2 Å². The number of methoxy groups -OCH3 is 3. The van der Waals surface area contributed by atoms with Gasteiger partial charge in [-0.2, -0.15) is 5.26 Å². The number of anilines is 1. The van der Waals surface area contributed by atoms with Gasteiger partial charge in [-0.1, -0.05) is 0 Å². The normalized spacial score (nSPS) is 11.1. The van der Waals surface area contributed by atoms with E-state index in [1.807, 2.05) is 0 Å². The van der Waals surface area contributed by atoms with E-state index < -0.39 is 17.9 Å². The monoisotopic (exact) mass is 435 g/mol.